The van der Waals surface area contributed by atoms with E-state index in [0.717, 1.165) is 5.56 Å². The van der Waals surface area contributed by atoms with Crippen molar-refractivity contribution in [2.45, 2.75) is 6.92 Å². The molecule has 0 saturated heterocycles. The molecule has 0 bridgehead atoms. The third kappa shape index (κ3) is 3.39. The molecule has 0 aliphatic carbocycles. The lowest BCUT2D eigenvalue weighted by Gasteiger charge is -2.11. The van der Waals surface area contributed by atoms with Gasteiger partial charge in [-0.3, -0.25) is 4.79 Å². The molecule has 0 unspecified atom stereocenters. The molecule has 0 radical (unpaired) electrons. The SMILES string of the molecule is C#CCOc1ccccc1NC(=O)c1cccc(C)c1. The highest BCUT2D eigenvalue weighted by molar-refractivity contribution is 6.05. The fourth-order valence-corrected chi connectivity index (χ4v) is 1.80. The standard InChI is InChI=1S/C17H15NO2/c1-3-11-20-16-10-5-4-9-15(16)18-17(19)14-8-6-7-13(2)12-14/h1,4-10,12H,11H2,2H3,(H,18,19). The molecule has 100 valence electrons. The van der Waals surface area contributed by atoms with E-state index in [4.69, 9.17) is 11.2 Å². The Bertz CT molecular complexity index is 656. The van der Waals surface area contributed by atoms with Crippen LogP contribution in [0.15, 0.2) is 48.5 Å². The molecule has 0 fully saturated rings. The first-order valence-corrected chi connectivity index (χ1v) is 6.24. The van der Waals surface area contributed by atoms with E-state index >= 15 is 0 Å². The van der Waals surface area contributed by atoms with Crippen molar-refractivity contribution in [1.82, 2.24) is 0 Å². The topological polar surface area (TPSA) is 38.3 Å². The molecule has 0 atom stereocenters. The summed E-state index contributed by atoms with van der Waals surface area (Å²) in [5.41, 5.74) is 2.25. The number of amides is 1. The number of carbonyl (C=O) groups is 1. The third-order valence-electron chi connectivity index (χ3n) is 2.73. The zero-order valence-electron chi connectivity index (χ0n) is 11.2. The van der Waals surface area contributed by atoms with Crippen LogP contribution in [0.3, 0.4) is 0 Å². The van der Waals surface area contributed by atoms with Crippen molar-refractivity contribution >= 4 is 11.6 Å². The maximum atomic E-state index is 12.2. The average molecular weight is 265 g/mol. The summed E-state index contributed by atoms with van der Waals surface area (Å²) in [7, 11) is 0. The molecular formula is C17H15NO2. The van der Waals surface area contributed by atoms with Gasteiger partial charge in [0.25, 0.3) is 5.91 Å². The van der Waals surface area contributed by atoms with E-state index in [-0.39, 0.29) is 12.5 Å². The van der Waals surface area contributed by atoms with E-state index < -0.39 is 0 Å². The minimum atomic E-state index is -0.176. The second-order valence-corrected chi connectivity index (χ2v) is 4.31. The number of nitrogens with one attached hydrogen (secondary N) is 1. The van der Waals surface area contributed by atoms with Gasteiger partial charge in [0.2, 0.25) is 0 Å². The number of para-hydroxylation sites is 2. The Morgan fingerprint density at radius 2 is 2.05 bits per heavy atom. The first-order valence-electron chi connectivity index (χ1n) is 6.24. The van der Waals surface area contributed by atoms with Gasteiger partial charge in [-0.05, 0) is 31.2 Å². The van der Waals surface area contributed by atoms with E-state index in [0.29, 0.717) is 17.0 Å². The smallest absolute Gasteiger partial charge is 0.255 e. The van der Waals surface area contributed by atoms with Crippen LogP contribution in [-0.2, 0) is 0 Å². The van der Waals surface area contributed by atoms with Gasteiger partial charge >= 0.3 is 0 Å². The molecule has 1 N–H and O–H groups in total. The molecule has 2 aromatic carbocycles. The van der Waals surface area contributed by atoms with E-state index in [1.807, 2.05) is 37.3 Å². The van der Waals surface area contributed by atoms with Gasteiger partial charge in [-0.25, -0.2) is 0 Å². The summed E-state index contributed by atoms with van der Waals surface area (Å²) in [6.45, 7) is 2.11. The highest BCUT2D eigenvalue weighted by Gasteiger charge is 2.09. The van der Waals surface area contributed by atoms with Crippen LogP contribution in [0.5, 0.6) is 5.75 Å². The molecule has 0 aromatic heterocycles. The van der Waals surface area contributed by atoms with Crippen LogP contribution in [0.2, 0.25) is 0 Å². The van der Waals surface area contributed by atoms with Crippen molar-refractivity contribution in [2.75, 3.05) is 11.9 Å². The Balaban J connectivity index is 2.18. The van der Waals surface area contributed by atoms with E-state index in [1.54, 1.807) is 18.2 Å². The summed E-state index contributed by atoms with van der Waals surface area (Å²) in [5.74, 6) is 2.79. The molecule has 1 amide bonds. The molecule has 20 heavy (non-hydrogen) atoms. The first kappa shape index (κ1) is 13.7. The van der Waals surface area contributed by atoms with Crippen LogP contribution < -0.4 is 10.1 Å². The number of rotatable bonds is 4. The molecule has 0 spiro atoms. The highest BCUT2D eigenvalue weighted by atomic mass is 16.5. The zero-order chi connectivity index (χ0) is 14.4. The number of benzene rings is 2. The molecule has 0 heterocycles. The molecular weight excluding hydrogens is 250 g/mol. The fraction of sp³-hybridized carbons (Fsp3) is 0.118. The zero-order valence-corrected chi connectivity index (χ0v) is 11.2. The second-order valence-electron chi connectivity index (χ2n) is 4.31. The van der Waals surface area contributed by atoms with E-state index in [1.165, 1.54) is 0 Å². The number of terminal acetylenes is 1. The maximum absolute atomic E-state index is 12.2. The van der Waals surface area contributed by atoms with E-state index in [2.05, 4.69) is 11.2 Å². The largest absolute Gasteiger partial charge is 0.479 e. The Morgan fingerprint density at radius 1 is 1.25 bits per heavy atom. The van der Waals surface area contributed by atoms with Gasteiger partial charge < -0.3 is 10.1 Å². The van der Waals surface area contributed by atoms with Crippen molar-refractivity contribution in [3.05, 3.63) is 59.7 Å². The number of anilines is 1. The molecule has 2 aromatic rings. The lowest BCUT2D eigenvalue weighted by Crippen LogP contribution is -2.13. The minimum Gasteiger partial charge on any atom is -0.479 e. The maximum Gasteiger partial charge on any atom is 0.255 e. The average Bonchev–Trinajstić information content (AvgIpc) is 2.46. The number of carbonyl (C=O) groups excluding carboxylic acids is 1. The van der Waals surface area contributed by atoms with Crippen molar-refractivity contribution in [1.29, 1.82) is 0 Å². The quantitative estimate of drug-likeness (QED) is 0.862. The normalized spacial score (nSPS) is 9.60. The molecule has 0 aliphatic rings. The molecule has 3 heteroatoms. The summed E-state index contributed by atoms with van der Waals surface area (Å²) in [5, 5.41) is 2.83. The summed E-state index contributed by atoms with van der Waals surface area (Å²) < 4.78 is 5.40. The van der Waals surface area contributed by atoms with Crippen LogP contribution in [-0.4, -0.2) is 12.5 Å². The highest BCUT2D eigenvalue weighted by Crippen LogP contribution is 2.24. The van der Waals surface area contributed by atoms with Crippen LogP contribution in [0, 0.1) is 19.3 Å². The first-order chi connectivity index (χ1) is 9.70. The molecule has 0 aliphatic heterocycles. The minimum absolute atomic E-state index is 0.164. The predicted octanol–water partition coefficient (Wildman–Crippen LogP) is 3.26. The van der Waals surface area contributed by atoms with Crippen LogP contribution >= 0.6 is 0 Å². The van der Waals surface area contributed by atoms with Crippen LogP contribution in [0.4, 0.5) is 5.69 Å². The van der Waals surface area contributed by atoms with Gasteiger partial charge in [0.05, 0.1) is 5.69 Å². The lowest BCUT2D eigenvalue weighted by molar-refractivity contribution is 0.102. The molecule has 3 nitrogen and oxygen atoms in total. The monoisotopic (exact) mass is 265 g/mol. The lowest BCUT2D eigenvalue weighted by atomic mass is 10.1. The summed E-state index contributed by atoms with van der Waals surface area (Å²) in [6.07, 6.45) is 5.17. The number of ether oxygens (including phenoxy) is 1. The van der Waals surface area contributed by atoms with Gasteiger partial charge in [0, 0.05) is 5.56 Å². The second kappa shape index (κ2) is 6.44. The van der Waals surface area contributed by atoms with Gasteiger partial charge in [-0.2, -0.15) is 0 Å². The van der Waals surface area contributed by atoms with Crippen molar-refractivity contribution < 1.29 is 9.53 Å². The Morgan fingerprint density at radius 3 is 2.80 bits per heavy atom. The summed E-state index contributed by atoms with van der Waals surface area (Å²) >= 11 is 0. The molecule has 2 rings (SSSR count). The fourth-order valence-electron chi connectivity index (χ4n) is 1.80. The van der Waals surface area contributed by atoms with Gasteiger partial charge in [0.15, 0.2) is 0 Å². The number of hydrogen-bond donors (Lipinski definition) is 1. The van der Waals surface area contributed by atoms with E-state index in [9.17, 15) is 4.79 Å². The number of hydrogen-bond acceptors (Lipinski definition) is 2. The molecule has 0 saturated carbocycles. The van der Waals surface area contributed by atoms with Crippen LogP contribution in [0.25, 0.3) is 0 Å². The van der Waals surface area contributed by atoms with Crippen molar-refractivity contribution in [2.24, 2.45) is 0 Å². The van der Waals surface area contributed by atoms with Gasteiger partial charge in [0.1, 0.15) is 12.4 Å². The Labute approximate surface area is 118 Å². The number of aryl methyl sites for hydroxylation is 1. The van der Waals surface area contributed by atoms with Crippen LogP contribution in [0.1, 0.15) is 15.9 Å². The summed E-state index contributed by atoms with van der Waals surface area (Å²) in [6, 6.07) is 14.6. The summed E-state index contributed by atoms with van der Waals surface area (Å²) in [4.78, 5) is 12.2. The van der Waals surface area contributed by atoms with Gasteiger partial charge in [-0.1, -0.05) is 35.7 Å². The van der Waals surface area contributed by atoms with Gasteiger partial charge in [-0.15, -0.1) is 6.42 Å². The predicted molar refractivity (Wildman–Crippen MR) is 79.9 cm³/mol. The van der Waals surface area contributed by atoms with Crippen molar-refractivity contribution in [3.63, 3.8) is 0 Å². The Kier molecular flexibility index (Phi) is 4.41. The Hall–Kier alpha value is -2.73. The third-order valence-corrected chi connectivity index (χ3v) is 2.73. The van der Waals surface area contributed by atoms with Crippen molar-refractivity contribution in [3.8, 4) is 18.1 Å².